The highest BCUT2D eigenvalue weighted by Gasteiger charge is 2.43. The normalized spacial score (nSPS) is 14.2. The minimum absolute atomic E-state index is 0.00185. The van der Waals surface area contributed by atoms with Crippen LogP contribution in [0.25, 0.3) is 121 Å². The number of hydrogen-bond donors (Lipinski definition) is 11. The summed E-state index contributed by atoms with van der Waals surface area (Å²) in [5.41, 5.74) is 29.7. The minimum Gasteiger partial charge on any atom is -0.326 e. The van der Waals surface area contributed by atoms with Gasteiger partial charge in [-0.3, -0.25) is 73.6 Å². The van der Waals surface area contributed by atoms with Gasteiger partial charge in [-0.05, 0) is 240 Å². The average Bonchev–Trinajstić information content (AvgIpc) is 1.72. The number of hydrogen-bond acceptors (Lipinski definition) is 17. The van der Waals surface area contributed by atoms with Crippen LogP contribution in [0.5, 0.6) is 0 Å². The fourth-order valence-corrected chi connectivity index (χ4v) is 20.1. The van der Waals surface area contributed by atoms with E-state index in [4.69, 9.17) is 5.73 Å². The van der Waals surface area contributed by atoms with Gasteiger partial charge in [0.15, 0.2) is 23.1 Å². The molecule has 19 aromatic rings. The lowest BCUT2D eigenvalue weighted by atomic mass is 9.77. The van der Waals surface area contributed by atoms with Crippen molar-refractivity contribution < 1.29 is 43.2 Å². The second-order valence-corrected chi connectivity index (χ2v) is 38.1. The van der Waals surface area contributed by atoms with Crippen molar-refractivity contribution in [3.63, 3.8) is 0 Å². The van der Waals surface area contributed by atoms with Crippen LogP contribution in [0, 0.1) is 11.8 Å². The zero-order valence-electron chi connectivity index (χ0n) is 79.8. The Labute approximate surface area is 833 Å². The zero-order valence-corrected chi connectivity index (χ0v) is 80.6. The molecule has 23 rings (SSSR count). The molecule has 0 aliphatic heterocycles. The number of carbonyl (C=O) groups is 9. The predicted octanol–water partition coefficient (Wildman–Crippen LogP) is 24.6. The molecule has 144 heavy (non-hydrogen) atoms. The second kappa shape index (κ2) is 42.9. The van der Waals surface area contributed by atoms with E-state index in [-0.39, 0.29) is 70.4 Å². The lowest BCUT2D eigenvalue weighted by Gasteiger charge is -2.28. The van der Waals surface area contributed by atoms with Crippen molar-refractivity contribution in [2.24, 2.45) is 17.6 Å². The molecule has 5 amide bonds. The van der Waals surface area contributed by atoms with Crippen molar-refractivity contribution in [2.45, 2.75) is 129 Å². The molecule has 12 aromatic carbocycles. The third-order valence-electron chi connectivity index (χ3n) is 27.5. The Kier molecular flexibility index (Phi) is 28.5. The highest BCUT2D eigenvalue weighted by Crippen LogP contribution is 2.45. The number of amides is 5. The molecule has 27 heteroatoms. The monoisotopic (exact) mass is 1920 g/mol. The average molecular weight is 1930 g/mol. The molecule has 0 radical (unpaired) electrons. The van der Waals surface area contributed by atoms with Crippen molar-refractivity contribution in [3.05, 3.63) is 353 Å². The molecule has 26 nitrogen and oxygen atoms in total. The van der Waals surface area contributed by atoms with Crippen LogP contribution in [0.3, 0.4) is 0 Å². The highest BCUT2D eigenvalue weighted by molar-refractivity contribution is 7.17. The van der Waals surface area contributed by atoms with E-state index in [0.717, 1.165) is 220 Å². The van der Waals surface area contributed by atoms with Gasteiger partial charge >= 0.3 is 0 Å². The number of nitrogens with two attached hydrogens (primary N) is 1. The topological polar surface area (TPSA) is 396 Å². The van der Waals surface area contributed by atoms with Crippen LogP contribution >= 0.6 is 11.3 Å². The number of rotatable bonds is 22. The Bertz CT molecular complexity index is 8040. The summed E-state index contributed by atoms with van der Waals surface area (Å²) in [5, 5.41) is 57.1. The summed E-state index contributed by atoms with van der Waals surface area (Å²) in [6, 6.07) is 94.4. The molecule has 718 valence electrons. The van der Waals surface area contributed by atoms with Crippen LogP contribution in [-0.4, -0.2) is 115 Å². The van der Waals surface area contributed by atoms with Crippen LogP contribution in [0.1, 0.15) is 178 Å². The molecule has 0 saturated heterocycles. The first-order valence-corrected chi connectivity index (χ1v) is 49.3. The van der Waals surface area contributed by atoms with Gasteiger partial charge in [0.2, 0.25) is 23.6 Å². The number of aromatic nitrogens is 11. The van der Waals surface area contributed by atoms with Crippen LogP contribution in [0.4, 0.5) is 28.4 Å². The molecule has 7 aromatic heterocycles. The van der Waals surface area contributed by atoms with Crippen molar-refractivity contribution in [3.8, 4) is 66.7 Å². The molecule has 4 aliphatic carbocycles. The summed E-state index contributed by atoms with van der Waals surface area (Å²) in [4.78, 5) is 116. The number of aromatic amines is 5. The molecule has 0 spiro atoms. The van der Waals surface area contributed by atoms with E-state index < -0.39 is 11.5 Å². The number of pyridine rings is 1. The number of nitrogens with one attached hydrogen (secondary N) is 10. The van der Waals surface area contributed by atoms with Crippen LogP contribution in [-0.2, 0) is 31.0 Å². The SMILES string of the molecule is CC(=O)c1ccc(-c2n[nH]c3ccc(NC(=O)C4CCC4)cc23)s1.CC(=O)c1cccc(-c2n[nH]c3ccc(NC(=O)C4Cc5ccccc54)cc23)c1.CC(=O)c1cccc(-c2n[nH]c3ccc(NC(=O)[C@H](N)C4CCCCC4)cc23)c1.CC(=O)c1cccc(-c2n[nH]c3ccc(NC(=O)c4ccncc4)cc23)c1.O=C(Nc1ccc2[nH]nc(-c3ccc(-c4ccccc4)cc3)c2c1)C1(c2ccccc2)CCCC1. The molecule has 1 unspecified atom stereocenters. The summed E-state index contributed by atoms with van der Waals surface area (Å²) >= 11 is 1.43. The molecular formula is C117H105N17O9S. The lowest BCUT2D eigenvalue weighted by Crippen LogP contribution is -2.42. The first-order valence-electron chi connectivity index (χ1n) is 48.5. The molecule has 12 N–H and O–H groups in total. The minimum atomic E-state index is -0.484. The van der Waals surface area contributed by atoms with Gasteiger partial charge in [-0.25, -0.2) is 0 Å². The summed E-state index contributed by atoms with van der Waals surface area (Å²) in [6.45, 7) is 6.19. The molecular weight excluding hydrogens is 1820 g/mol. The van der Waals surface area contributed by atoms with Crippen LogP contribution in [0.2, 0.25) is 0 Å². The number of benzene rings is 12. The van der Waals surface area contributed by atoms with E-state index in [1.807, 2.05) is 212 Å². The molecule has 3 saturated carbocycles. The maximum atomic E-state index is 13.6. The van der Waals surface area contributed by atoms with E-state index in [1.165, 1.54) is 41.4 Å². The Morgan fingerprint density at radius 1 is 0.354 bits per heavy atom. The van der Waals surface area contributed by atoms with Gasteiger partial charge in [-0.15, -0.1) is 11.3 Å². The molecule has 0 bridgehead atoms. The van der Waals surface area contributed by atoms with Gasteiger partial charge < -0.3 is 32.3 Å². The number of anilines is 5. The van der Waals surface area contributed by atoms with Crippen molar-refractivity contribution in [1.29, 1.82) is 0 Å². The van der Waals surface area contributed by atoms with E-state index in [2.05, 4.69) is 137 Å². The zero-order chi connectivity index (χ0) is 99.5. The fraction of sp³-hybridized carbons (Fsp3) is 0.188. The Morgan fingerprint density at radius 2 is 0.771 bits per heavy atom. The number of nitrogens with zero attached hydrogens (tertiary/aromatic N) is 6. The number of thiophene rings is 1. The molecule has 7 heterocycles. The number of fused-ring (bicyclic) bond motifs is 6. The fourth-order valence-electron chi connectivity index (χ4n) is 19.2. The summed E-state index contributed by atoms with van der Waals surface area (Å²) in [5.74, 6) is 0.229. The van der Waals surface area contributed by atoms with E-state index in [1.54, 1.807) is 63.5 Å². The smallest absolute Gasteiger partial charge is 0.255 e. The summed E-state index contributed by atoms with van der Waals surface area (Å²) < 4.78 is 0. The Balaban J connectivity index is 0.000000115. The lowest BCUT2D eigenvalue weighted by molar-refractivity contribution is -0.122. The third-order valence-corrected chi connectivity index (χ3v) is 28.7. The van der Waals surface area contributed by atoms with Gasteiger partial charge in [0.1, 0.15) is 5.69 Å². The van der Waals surface area contributed by atoms with Crippen molar-refractivity contribution in [2.75, 3.05) is 26.6 Å². The largest absolute Gasteiger partial charge is 0.326 e. The van der Waals surface area contributed by atoms with Crippen molar-refractivity contribution in [1.82, 2.24) is 56.0 Å². The maximum Gasteiger partial charge on any atom is 0.255 e. The van der Waals surface area contributed by atoms with Gasteiger partial charge in [0.05, 0.1) is 77.5 Å². The Morgan fingerprint density at radius 3 is 1.24 bits per heavy atom. The summed E-state index contributed by atoms with van der Waals surface area (Å²) in [7, 11) is 0. The number of H-pyrrole nitrogens is 5. The standard InChI is InChI=1S/C31H27N3O.C24H19N3O2.C23H26N4O2.C21H16N4O2.C18H17N3O2S/c35-30(31(19-7-8-20-31)25-11-5-2-6-12-25)32-26-17-18-28-27(21-26)29(34-33-28)24-15-13-23(14-16-24)22-9-3-1-4-10-22;1-14(28)15-6-4-7-17(11-15)23-21-13-18(9-10-22(21)26-27-23)25-24(29)20-12-16-5-2-3-8-19(16)20;1-14(28)16-8-5-9-17(12-16)22-19-13-18(10-11-20(19)26-27-22)25-23(29)21(24)15-6-3-2-4-7-15;1-13(26)15-3-2-4-16(11-15)20-18-12-17(5-6-19(18)24-25-20)23-21(27)14-7-9-22-10-8-14;1-10(22)15-7-8-16(24-15)17-13-9-12(5-6-14(13)20-21-17)19-18(23)11-3-2-4-11/h1-6,9-18,21H,7-8,19-20H2,(H,32,35)(H,33,34);2-11,13,20H,12H2,1H3,(H,25,29)(H,26,27);5,8-13,15,21H,2-4,6-7,24H2,1H3,(H,25,29)(H,26,27);2-12H,1H3,(H,23,27)(H,24,25);5-9,11H,2-4H2,1H3,(H,19,23)(H,20,21)/t;;21-;;/m..1../s1. The summed E-state index contributed by atoms with van der Waals surface area (Å²) in [6.07, 6.45) is 16.5. The maximum absolute atomic E-state index is 13.6. The number of ketones is 4. The van der Waals surface area contributed by atoms with Gasteiger partial charge in [-0.2, -0.15) is 25.5 Å². The first-order chi connectivity index (χ1) is 70.1. The van der Waals surface area contributed by atoms with Gasteiger partial charge in [0, 0.05) is 118 Å². The van der Waals surface area contributed by atoms with Gasteiger partial charge in [0.25, 0.3) is 5.91 Å². The second-order valence-electron chi connectivity index (χ2n) is 37.0. The van der Waals surface area contributed by atoms with Gasteiger partial charge in [-0.1, -0.05) is 202 Å². The number of Topliss-reactive ketones (excluding diaryl/α,β-unsaturated/α-hetero) is 4. The number of carbonyl (C=O) groups excluding carboxylic acids is 9. The third kappa shape index (κ3) is 21.3. The van der Waals surface area contributed by atoms with E-state index in [9.17, 15) is 43.2 Å². The van der Waals surface area contributed by atoms with Crippen LogP contribution < -0.4 is 32.3 Å². The quantitative estimate of drug-likeness (QED) is 0.0281. The highest BCUT2D eigenvalue weighted by atomic mass is 32.1. The predicted molar refractivity (Wildman–Crippen MR) is 569 cm³/mol. The van der Waals surface area contributed by atoms with Crippen LogP contribution in [0.15, 0.2) is 310 Å². The molecule has 3 fully saturated rings. The molecule has 4 aliphatic rings. The Hall–Kier alpha value is -17.2. The first kappa shape index (κ1) is 95.7. The molecule has 2 atom stereocenters. The van der Waals surface area contributed by atoms with E-state index in [0.29, 0.717) is 33.6 Å². The van der Waals surface area contributed by atoms with Crippen molar-refractivity contribution >= 4 is 147 Å². The van der Waals surface area contributed by atoms with E-state index >= 15 is 0 Å².